The summed E-state index contributed by atoms with van der Waals surface area (Å²) in [6, 6.07) is 101. The lowest BCUT2D eigenvalue weighted by molar-refractivity contribution is 1.14. The van der Waals surface area contributed by atoms with Crippen LogP contribution in [0.25, 0.3) is 93.6 Å². The second-order valence-corrected chi connectivity index (χ2v) is 22.3. The molecule has 4 heteroatoms. The highest BCUT2D eigenvalue weighted by molar-refractivity contribution is 7.19. The van der Waals surface area contributed by atoms with Crippen molar-refractivity contribution in [1.29, 1.82) is 0 Å². The van der Waals surface area contributed by atoms with E-state index >= 15 is 0 Å². The van der Waals surface area contributed by atoms with Crippen LogP contribution in [0.5, 0.6) is 0 Å². The lowest BCUT2D eigenvalue weighted by Crippen LogP contribution is -2.74. The molecule has 14 aromatic rings. The first-order valence-corrected chi connectivity index (χ1v) is 26.2. The summed E-state index contributed by atoms with van der Waals surface area (Å²) in [6.07, 6.45) is 0. The Balaban J connectivity index is 0.960. The zero-order valence-electron chi connectivity index (χ0n) is 38.3. The molecule has 0 saturated carbocycles. The largest absolute Gasteiger partial charge is 0.309 e. The second-order valence-electron chi connectivity index (χ2n) is 18.5. The van der Waals surface area contributed by atoms with Crippen LogP contribution in [0.15, 0.2) is 273 Å². The Morgan fingerprint density at radius 1 is 0.200 bits per heavy atom. The summed E-state index contributed by atoms with van der Waals surface area (Å²) in [4.78, 5) is 0. The van der Waals surface area contributed by atoms with E-state index in [1.165, 1.54) is 97.3 Å². The van der Waals surface area contributed by atoms with Crippen LogP contribution >= 0.6 is 0 Å². The Morgan fingerprint density at radius 2 is 0.543 bits per heavy atom. The number of rotatable bonds is 8. The molecule has 0 unspecified atom stereocenters. The molecule has 0 saturated heterocycles. The van der Waals surface area contributed by atoms with E-state index in [9.17, 15) is 0 Å². The summed E-state index contributed by atoms with van der Waals surface area (Å²) in [5.74, 6) is 0. The third-order valence-corrected chi connectivity index (χ3v) is 19.6. The summed E-state index contributed by atoms with van der Waals surface area (Å²) < 4.78 is 7.38. The van der Waals surface area contributed by atoms with Gasteiger partial charge in [-0.15, -0.1) is 0 Å². The van der Waals surface area contributed by atoms with Crippen LogP contribution in [0.2, 0.25) is 0 Å². The van der Waals surface area contributed by atoms with Crippen molar-refractivity contribution in [2.75, 3.05) is 0 Å². The number of para-hydroxylation sites is 3. The van der Waals surface area contributed by atoms with E-state index in [2.05, 4.69) is 287 Å². The molecule has 328 valence electrons. The maximum absolute atomic E-state index is 2.70. The van der Waals surface area contributed by atoms with E-state index < -0.39 is 8.07 Å². The summed E-state index contributed by atoms with van der Waals surface area (Å²) in [5, 5.41) is 12.9. The van der Waals surface area contributed by atoms with Gasteiger partial charge in [0.15, 0.2) is 8.07 Å². The van der Waals surface area contributed by atoms with Gasteiger partial charge in [0, 0.05) is 49.4 Å². The van der Waals surface area contributed by atoms with Crippen molar-refractivity contribution in [3.63, 3.8) is 0 Å². The molecule has 0 aliphatic heterocycles. The molecule has 0 spiro atoms. The Morgan fingerprint density at radius 3 is 1.03 bits per heavy atom. The molecular weight excluding hydrogens is 863 g/mol. The highest BCUT2D eigenvalue weighted by Gasteiger charge is 2.41. The van der Waals surface area contributed by atoms with Crippen molar-refractivity contribution in [2.45, 2.75) is 0 Å². The van der Waals surface area contributed by atoms with Gasteiger partial charge in [-0.05, 0) is 98.6 Å². The molecule has 0 atom stereocenters. The van der Waals surface area contributed by atoms with Gasteiger partial charge in [0.1, 0.15) is 0 Å². The monoisotopic (exact) mass is 907 g/mol. The van der Waals surface area contributed by atoms with Gasteiger partial charge in [-0.2, -0.15) is 0 Å². The van der Waals surface area contributed by atoms with E-state index in [-0.39, 0.29) is 0 Å². The molecule has 11 aromatic carbocycles. The van der Waals surface area contributed by atoms with E-state index in [1.807, 2.05) is 0 Å². The van der Waals surface area contributed by atoms with Gasteiger partial charge < -0.3 is 13.7 Å². The van der Waals surface area contributed by atoms with Crippen molar-refractivity contribution < 1.29 is 0 Å². The molecule has 0 aliphatic carbocycles. The highest BCUT2D eigenvalue weighted by Crippen LogP contribution is 2.40. The summed E-state index contributed by atoms with van der Waals surface area (Å²) in [6.45, 7) is 0. The summed E-state index contributed by atoms with van der Waals surface area (Å²) in [7, 11) is -2.70. The molecule has 0 aliphatic rings. The van der Waals surface area contributed by atoms with Crippen LogP contribution in [0.3, 0.4) is 0 Å². The number of nitrogens with zero attached hydrogens (tertiary/aromatic N) is 3. The van der Waals surface area contributed by atoms with Crippen molar-refractivity contribution in [1.82, 2.24) is 13.7 Å². The van der Waals surface area contributed by atoms with Crippen molar-refractivity contribution in [2.24, 2.45) is 0 Å². The number of hydrogen-bond donors (Lipinski definition) is 0. The normalized spacial score (nSPS) is 12.0. The van der Waals surface area contributed by atoms with E-state index in [0.29, 0.717) is 0 Å². The van der Waals surface area contributed by atoms with Gasteiger partial charge in [-0.3, -0.25) is 0 Å². The van der Waals surface area contributed by atoms with Gasteiger partial charge in [0.2, 0.25) is 0 Å². The minimum Gasteiger partial charge on any atom is -0.309 e. The van der Waals surface area contributed by atoms with Gasteiger partial charge in [0.25, 0.3) is 0 Å². The fraction of sp³-hybridized carbons (Fsp3) is 0. The topological polar surface area (TPSA) is 14.8 Å². The molecule has 3 nitrogen and oxygen atoms in total. The molecular formula is C66H45N3Si. The van der Waals surface area contributed by atoms with Crippen LogP contribution < -0.4 is 20.7 Å². The number of fused-ring (bicyclic) bond motifs is 9. The van der Waals surface area contributed by atoms with Gasteiger partial charge in [-0.25, -0.2) is 0 Å². The van der Waals surface area contributed by atoms with Gasteiger partial charge >= 0.3 is 0 Å². The maximum atomic E-state index is 2.47. The van der Waals surface area contributed by atoms with Crippen LogP contribution in [0, 0.1) is 0 Å². The predicted molar refractivity (Wildman–Crippen MR) is 299 cm³/mol. The molecule has 70 heavy (non-hydrogen) atoms. The Kier molecular flexibility index (Phi) is 9.23. The SMILES string of the molecule is c1ccc(-c2ccc3c(c2)c2ccccc2n3-c2ccc3c4ccccc4n(-c4ccc5c6ccccc6n(-c6ccc([Si](c7ccccc7)(c7ccccc7)c7ccccc7)cc6)c5c4)c3c2)cc1. The Bertz CT molecular complexity index is 4170. The summed E-state index contributed by atoms with van der Waals surface area (Å²) >= 11 is 0. The van der Waals surface area contributed by atoms with Crippen molar-refractivity contribution >= 4 is 94.2 Å². The molecule has 3 aromatic heterocycles. The highest BCUT2D eigenvalue weighted by atomic mass is 28.3. The maximum Gasteiger partial charge on any atom is 0.179 e. The van der Waals surface area contributed by atoms with Gasteiger partial charge in [0.05, 0.1) is 33.1 Å². The quantitative estimate of drug-likeness (QED) is 0.107. The standard InChI is InChI=1S/C66H45N3Si/c1-5-19-46(20-6-1)47-33-42-64-60(43-47)57-29-15-18-32-63(57)68(64)49-36-40-59-56-28-14-17-31-62(56)69(66(59)44-49)50-37-41-58-55-27-13-16-30-61(55)67(65(58)45-50)48-34-38-54(39-35-48)70(51-21-7-2-8-22-51,52-23-9-3-10-24-52)53-25-11-4-12-26-53/h1-45H. The zero-order valence-corrected chi connectivity index (χ0v) is 39.3. The smallest absolute Gasteiger partial charge is 0.179 e. The minimum atomic E-state index is -2.70. The van der Waals surface area contributed by atoms with Crippen molar-refractivity contribution in [3.05, 3.63) is 273 Å². The first kappa shape index (κ1) is 40.1. The first-order chi connectivity index (χ1) is 34.7. The van der Waals surface area contributed by atoms with Crippen LogP contribution in [0.4, 0.5) is 0 Å². The molecule has 0 bridgehead atoms. The van der Waals surface area contributed by atoms with Crippen LogP contribution in [-0.4, -0.2) is 21.8 Å². The molecule has 14 rings (SSSR count). The first-order valence-electron chi connectivity index (χ1n) is 24.2. The van der Waals surface area contributed by atoms with E-state index in [0.717, 1.165) is 17.1 Å². The average Bonchev–Trinajstić information content (AvgIpc) is 4.07. The van der Waals surface area contributed by atoms with E-state index in [4.69, 9.17) is 0 Å². The van der Waals surface area contributed by atoms with Crippen LogP contribution in [-0.2, 0) is 0 Å². The fourth-order valence-electron chi connectivity index (χ4n) is 11.7. The fourth-order valence-corrected chi connectivity index (χ4v) is 16.5. The molecule has 0 N–H and O–H groups in total. The Hall–Kier alpha value is -8.96. The number of benzene rings is 11. The minimum absolute atomic E-state index is 1.12. The Labute approximate surface area is 407 Å². The summed E-state index contributed by atoms with van der Waals surface area (Å²) in [5.41, 5.74) is 12.9. The second kappa shape index (κ2) is 16.1. The lowest BCUT2D eigenvalue weighted by Gasteiger charge is -2.34. The lowest BCUT2D eigenvalue weighted by atomic mass is 10.0. The zero-order chi connectivity index (χ0) is 46.2. The third kappa shape index (κ3) is 6.07. The molecule has 0 amide bonds. The van der Waals surface area contributed by atoms with E-state index in [1.54, 1.807) is 0 Å². The van der Waals surface area contributed by atoms with Crippen molar-refractivity contribution in [3.8, 4) is 28.2 Å². The van der Waals surface area contributed by atoms with Crippen LogP contribution in [0.1, 0.15) is 0 Å². The van der Waals surface area contributed by atoms with Gasteiger partial charge in [-0.1, -0.05) is 206 Å². The third-order valence-electron chi connectivity index (χ3n) is 14.8. The number of hydrogen-bond acceptors (Lipinski definition) is 0. The molecule has 0 radical (unpaired) electrons. The predicted octanol–water partition coefficient (Wildman–Crippen LogP) is 14.0. The average molecular weight is 908 g/mol. The number of aromatic nitrogens is 3. The molecule has 3 heterocycles. The molecule has 0 fully saturated rings.